The molecule has 0 saturated heterocycles. The molecule has 0 fully saturated rings. The fourth-order valence-corrected chi connectivity index (χ4v) is 1.72. The molecule has 0 aliphatic rings. The van der Waals surface area contributed by atoms with Crippen LogP contribution in [-0.2, 0) is 0 Å². The van der Waals surface area contributed by atoms with Crippen LogP contribution in [0.2, 0.25) is 0 Å². The van der Waals surface area contributed by atoms with Crippen LogP contribution in [-0.4, -0.2) is 17.1 Å². The van der Waals surface area contributed by atoms with Gasteiger partial charge >= 0.3 is 0 Å². The number of rotatable bonds is 3. The van der Waals surface area contributed by atoms with Crippen LogP contribution in [0.3, 0.4) is 0 Å². The molecule has 2 N–H and O–H groups in total. The highest BCUT2D eigenvalue weighted by Crippen LogP contribution is 2.25. The molecule has 0 aliphatic carbocycles. The quantitative estimate of drug-likeness (QED) is 0.491. The van der Waals surface area contributed by atoms with Gasteiger partial charge in [-0.15, -0.1) is 11.8 Å². The lowest BCUT2D eigenvalue weighted by molar-refractivity contribution is 1.31. The summed E-state index contributed by atoms with van der Waals surface area (Å²) < 4.78 is 0. The van der Waals surface area contributed by atoms with Crippen LogP contribution in [0.5, 0.6) is 0 Å². The van der Waals surface area contributed by atoms with Gasteiger partial charge in [-0.05, 0) is 30.9 Å². The fraction of sp³-hybridized carbons (Fsp3) is 0.182. The summed E-state index contributed by atoms with van der Waals surface area (Å²) in [6.07, 6.45) is 5.15. The van der Waals surface area contributed by atoms with E-state index >= 15 is 0 Å². The number of aliphatic imine (C=N–C) groups is 1. The number of allylic oxidation sites excluding steroid dienone is 1. The van der Waals surface area contributed by atoms with Crippen LogP contribution in [0.1, 0.15) is 12.5 Å². The van der Waals surface area contributed by atoms with Gasteiger partial charge in [-0.2, -0.15) is 5.26 Å². The first kappa shape index (κ1) is 12.3. The topological polar surface area (TPSA) is 75.1 Å². The summed E-state index contributed by atoms with van der Waals surface area (Å²) in [4.78, 5) is 8.05. The molecule has 1 aromatic heterocycles. The van der Waals surface area contributed by atoms with Crippen LogP contribution in [0, 0.1) is 11.3 Å². The first-order valence-corrected chi connectivity index (χ1v) is 5.81. The van der Waals surface area contributed by atoms with Gasteiger partial charge < -0.3 is 5.73 Å². The van der Waals surface area contributed by atoms with Crippen molar-refractivity contribution in [1.29, 1.82) is 5.26 Å². The Morgan fingerprint density at radius 3 is 2.56 bits per heavy atom. The molecule has 16 heavy (non-hydrogen) atoms. The molecular formula is C11H12N4S. The van der Waals surface area contributed by atoms with Gasteiger partial charge in [0.2, 0.25) is 0 Å². The highest BCUT2D eigenvalue weighted by molar-refractivity contribution is 8.02. The second-order valence-electron chi connectivity index (χ2n) is 2.99. The van der Waals surface area contributed by atoms with Crippen molar-refractivity contribution in [3.05, 3.63) is 35.1 Å². The van der Waals surface area contributed by atoms with Crippen LogP contribution >= 0.6 is 11.8 Å². The van der Waals surface area contributed by atoms with Gasteiger partial charge in [0.15, 0.2) is 0 Å². The highest BCUT2D eigenvalue weighted by Gasteiger charge is 2.07. The first-order valence-electron chi connectivity index (χ1n) is 4.58. The third-order valence-corrected chi connectivity index (χ3v) is 2.45. The van der Waals surface area contributed by atoms with Crippen LogP contribution in [0.15, 0.2) is 34.5 Å². The summed E-state index contributed by atoms with van der Waals surface area (Å²) >= 11 is 1.39. The molecule has 0 radical (unpaired) electrons. The molecule has 0 unspecified atom stereocenters. The predicted molar refractivity (Wildman–Crippen MR) is 67.6 cm³/mol. The van der Waals surface area contributed by atoms with E-state index in [1.165, 1.54) is 11.8 Å². The summed E-state index contributed by atoms with van der Waals surface area (Å²) in [7, 11) is 0. The Balaban J connectivity index is 3.29. The standard InChI is InChI=1S/C11H12N4S/c1-8(13)15-11(16-2)10(7-12)9-3-5-14-6-4-9/h3-6H,1-2H3,(H2,13,15)/b11-10+. The van der Waals surface area contributed by atoms with Crippen LogP contribution in [0.4, 0.5) is 0 Å². The summed E-state index contributed by atoms with van der Waals surface area (Å²) in [6, 6.07) is 5.69. The maximum absolute atomic E-state index is 9.14. The van der Waals surface area contributed by atoms with Crippen molar-refractivity contribution < 1.29 is 0 Å². The summed E-state index contributed by atoms with van der Waals surface area (Å²) in [5, 5.41) is 9.76. The number of nitriles is 1. The molecule has 0 atom stereocenters. The summed E-state index contributed by atoms with van der Waals surface area (Å²) in [6.45, 7) is 1.69. The second-order valence-corrected chi connectivity index (χ2v) is 3.78. The molecule has 0 saturated carbocycles. The van der Waals surface area contributed by atoms with E-state index in [2.05, 4.69) is 16.0 Å². The van der Waals surface area contributed by atoms with E-state index in [1.807, 2.05) is 6.26 Å². The van der Waals surface area contributed by atoms with Gasteiger partial charge in [0.1, 0.15) is 11.1 Å². The Morgan fingerprint density at radius 1 is 1.50 bits per heavy atom. The average molecular weight is 232 g/mol. The first-order chi connectivity index (χ1) is 7.69. The van der Waals surface area contributed by atoms with Crippen molar-refractivity contribution in [3.63, 3.8) is 0 Å². The zero-order valence-corrected chi connectivity index (χ0v) is 9.95. The Hall–Kier alpha value is -1.80. The van der Waals surface area contributed by atoms with E-state index in [1.54, 1.807) is 31.5 Å². The zero-order valence-electron chi connectivity index (χ0n) is 9.14. The predicted octanol–water partition coefficient (Wildman–Crippen LogP) is 2.01. The van der Waals surface area contributed by atoms with E-state index in [-0.39, 0.29) is 0 Å². The Labute approximate surface area is 98.9 Å². The molecule has 82 valence electrons. The third-order valence-electron chi connectivity index (χ3n) is 1.77. The van der Waals surface area contributed by atoms with Crippen LogP contribution < -0.4 is 5.73 Å². The van der Waals surface area contributed by atoms with E-state index in [0.29, 0.717) is 16.4 Å². The van der Waals surface area contributed by atoms with Crippen molar-refractivity contribution in [2.45, 2.75) is 6.92 Å². The summed E-state index contributed by atoms with van der Waals surface area (Å²) in [5.74, 6) is 0.436. The van der Waals surface area contributed by atoms with E-state index in [9.17, 15) is 0 Å². The normalized spacial score (nSPS) is 12.9. The number of hydrogen-bond donors (Lipinski definition) is 1. The minimum atomic E-state index is 0.436. The molecule has 0 bridgehead atoms. The molecule has 1 heterocycles. The van der Waals surface area contributed by atoms with E-state index in [4.69, 9.17) is 11.0 Å². The van der Waals surface area contributed by atoms with Gasteiger partial charge in [-0.25, -0.2) is 4.99 Å². The van der Waals surface area contributed by atoms with Crippen molar-refractivity contribution in [3.8, 4) is 6.07 Å². The van der Waals surface area contributed by atoms with Crippen molar-refractivity contribution >= 4 is 23.2 Å². The van der Waals surface area contributed by atoms with E-state index < -0.39 is 0 Å². The molecular weight excluding hydrogens is 220 g/mol. The zero-order chi connectivity index (χ0) is 12.0. The minimum absolute atomic E-state index is 0.436. The number of pyridine rings is 1. The number of amidine groups is 1. The number of thioether (sulfide) groups is 1. The smallest absolute Gasteiger partial charge is 0.116 e. The molecule has 1 rings (SSSR count). The van der Waals surface area contributed by atoms with Gasteiger partial charge in [0.25, 0.3) is 0 Å². The largest absolute Gasteiger partial charge is 0.387 e. The maximum atomic E-state index is 9.14. The lowest BCUT2D eigenvalue weighted by atomic mass is 10.1. The Bertz CT molecular complexity index is 453. The van der Waals surface area contributed by atoms with Crippen molar-refractivity contribution in [1.82, 2.24) is 4.98 Å². The molecule has 1 aromatic rings. The van der Waals surface area contributed by atoms with Gasteiger partial charge in [0, 0.05) is 12.4 Å². The molecule has 0 aromatic carbocycles. The van der Waals surface area contributed by atoms with Crippen molar-refractivity contribution in [2.75, 3.05) is 6.26 Å². The van der Waals surface area contributed by atoms with Crippen LogP contribution in [0.25, 0.3) is 5.57 Å². The molecule has 0 amide bonds. The third kappa shape index (κ3) is 3.11. The second kappa shape index (κ2) is 5.93. The average Bonchev–Trinajstić information content (AvgIpc) is 2.29. The number of nitrogens with zero attached hydrogens (tertiary/aromatic N) is 3. The maximum Gasteiger partial charge on any atom is 0.116 e. The fourth-order valence-electron chi connectivity index (χ4n) is 1.12. The van der Waals surface area contributed by atoms with Crippen molar-refractivity contribution in [2.24, 2.45) is 10.7 Å². The molecule has 5 heteroatoms. The summed E-state index contributed by atoms with van der Waals surface area (Å²) in [5.41, 5.74) is 6.83. The number of nitrogens with two attached hydrogens (primary N) is 1. The van der Waals surface area contributed by atoms with Gasteiger partial charge in [-0.3, -0.25) is 4.98 Å². The number of aromatic nitrogens is 1. The molecule has 0 aliphatic heterocycles. The molecule has 0 spiro atoms. The lowest BCUT2D eigenvalue weighted by Gasteiger charge is -2.03. The Morgan fingerprint density at radius 2 is 2.12 bits per heavy atom. The SMILES string of the molecule is CSC(/N=C(/C)N)=C(\C#N)c1ccncc1. The Kier molecular flexibility index (Phi) is 4.55. The van der Waals surface area contributed by atoms with Gasteiger partial charge in [0.05, 0.1) is 11.4 Å². The highest BCUT2D eigenvalue weighted by atomic mass is 32.2. The van der Waals surface area contributed by atoms with Gasteiger partial charge in [-0.1, -0.05) is 0 Å². The number of hydrogen-bond acceptors (Lipinski definition) is 4. The monoisotopic (exact) mass is 232 g/mol. The van der Waals surface area contributed by atoms with E-state index in [0.717, 1.165) is 5.56 Å². The molecule has 4 nitrogen and oxygen atoms in total. The minimum Gasteiger partial charge on any atom is -0.387 e. The lowest BCUT2D eigenvalue weighted by Crippen LogP contribution is -2.05.